The Morgan fingerprint density at radius 3 is 2.25 bits per heavy atom. The number of nitrogens with zero attached hydrogens (tertiary/aromatic N) is 1. The second-order valence-corrected chi connectivity index (χ2v) is 7.91. The number of para-hydroxylation sites is 1. The SMILES string of the molecule is CCCCC(=O)Nc1oc(-c2ccccc2-c2ccccc2O)nc1-c1ccccc1S. The molecule has 0 aliphatic rings. The third-order valence-corrected chi connectivity index (χ3v) is 5.54. The molecule has 0 bridgehead atoms. The largest absolute Gasteiger partial charge is 0.507 e. The van der Waals surface area contributed by atoms with E-state index >= 15 is 0 Å². The molecule has 0 aliphatic carbocycles. The first-order valence-electron chi connectivity index (χ1n) is 10.5. The van der Waals surface area contributed by atoms with Gasteiger partial charge in [0, 0.05) is 28.0 Å². The van der Waals surface area contributed by atoms with E-state index in [1.54, 1.807) is 12.1 Å². The number of phenolic OH excluding ortho intramolecular Hbond substituents is 1. The molecule has 0 atom stereocenters. The van der Waals surface area contributed by atoms with Crippen molar-refractivity contribution < 1.29 is 14.3 Å². The number of carbonyl (C=O) groups excluding carboxylic acids is 1. The number of amides is 1. The molecule has 0 aliphatic heterocycles. The van der Waals surface area contributed by atoms with Gasteiger partial charge < -0.3 is 9.52 Å². The van der Waals surface area contributed by atoms with Crippen LogP contribution in [0.2, 0.25) is 0 Å². The molecule has 4 aromatic rings. The van der Waals surface area contributed by atoms with Crippen molar-refractivity contribution in [3.63, 3.8) is 0 Å². The Morgan fingerprint density at radius 2 is 1.56 bits per heavy atom. The highest BCUT2D eigenvalue weighted by Gasteiger charge is 2.22. The van der Waals surface area contributed by atoms with Crippen molar-refractivity contribution in [3.05, 3.63) is 72.8 Å². The molecule has 4 rings (SSSR count). The Morgan fingerprint density at radius 1 is 0.938 bits per heavy atom. The van der Waals surface area contributed by atoms with Crippen LogP contribution in [-0.2, 0) is 4.79 Å². The highest BCUT2D eigenvalue weighted by Crippen LogP contribution is 2.40. The molecule has 6 heteroatoms. The lowest BCUT2D eigenvalue weighted by atomic mass is 9.99. The predicted octanol–water partition coefficient (Wildman–Crippen LogP) is 6.80. The lowest BCUT2D eigenvalue weighted by Gasteiger charge is -2.08. The third kappa shape index (κ3) is 4.55. The van der Waals surface area contributed by atoms with Crippen molar-refractivity contribution in [3.8, 4) is 39.6 Å². The Kier molecular flexibility index (Phi) is 6.61. The predicted molar refractivity (Wildman–Crippen MR) is 130 cm³/mol. The number of hydrogen-bond donors (Lipinski definition) is 3. The number of oxazole rings is 1. The first-order chi connectivity index (χ1) is 15.6. The zero-order valence-electron chi connectivity index (χ0n) is 17.7. The van der Waals surface area contributed by atoms with Gasteiger partial charge in [-0.2, -0.15) is 0 Å². The summed E-state index contributed by atoms with van der Waals surface area (Å²) in [5, 5.41) is 13.3. The first kappa shape index (κ1) is 21.7. The molecule has 0 radical (unpaired) electrons. The van der Waals surface area contributed by atoms with Crippen molar-refractivity contribution >= 4 is 24.4 Å². The van der Waals surface area contributed by atoms with Gasteiger partial charge >= 0.3 is 0 Å². The Hall–Kier alpha value is -3.51. The quantitative estimate of drug-likeness (QED) is 0.274. The van der Waals surface area contributed by atoms with Crippen LogP contribution in [0.4, 0.5) is 5.88 Å². The van der Waals surface area contributed by atoms with Gasteiger partial charge in [-0.05, 0) is 30.2 Å². The van der Waals surface area contributed by atoms with Gasteiger partial charge in [0.15, 0.2) is 0 Å². The summed E-state index contributed by atoms with van der Waals surface area (Å²) in [5.74, 6) is 0.679. The second-order valence-electron chi connectivity index (χ2n) is 7.43. The molecule has 5 nitrogen and oxygen atoms in total. The van der Waals surface area contributed by atoms with Crippen molar-refractivity contribution in [1.29, 1.82) is 0 Å². The van der Waals surface area contributed by atoms with Gasteiger partial charge in [0.05, 0.1) is 0 Å². The van der Waals surface area contributed by atoms with Crippen LogP contribution in [0.5, 0.6) is 5.75 Å². The number of carbonyl (C=O) groups is 1. The standard InChI is InChI=1S/C26H24N2O3S/c1-2-3-16-23(30)27-26-24(20-13-7-9-15-22(20)32)28-25(31-26)19-12-5-4-10-17(19)18-11-6-8-14-21(18)29/h4-15,29,32H,2-3,16H2,1H3,(H,27,30). The molecule has 0 fully saturated rings. The number of nitrogens with one attached hydrogen (secondary N) is 1. The van der Waals surface area contributed by atoms with E-state index in [0.29, 0.717) is 29.1 Å². The Bertz CT molecular complexity index is 1250. The van der Waals surface area contributed by atoms with Crippen LogP contribution in [0, 0.1) is 0 Å². The number of hydrogen-bond acceptors (Lipinski definition) is 5. The van der Waals surface area contributed by atoms with Crippen LogP contribution in [0.15, 0.2) is 82.1 Å². The van der Waals surface area contributed by atoms with Gasteiger partial charge in [0.1, 0.15) is 11.4 Å². The number of rotatable bonds is 7. The minimum atomic E-state index is -0.124. The second kappa shape index (κ2) is 9.75. The summed E-state index contributed by atoms with van der Waals surface area (Å²) < 4.78 is 6.10. The van der Waals surface area contributed by atoms with E-state index < -0.39 is 0 Å². The van der Waals surface area contributed by atoms with Gasteiger partial charge in [-0.25, -0.2) is 4.98 Å². The topological polar surface area (TPSA) is 75.4 Å². The number of unbranched alkanes of at least 4 members (excludes halogenated alkanes) is 1. The Balaban J connectivity index is 1.83. The van der Waals surface area contributed by atoms with Crippen LogP contribution in [0.25, 0.3) is 33.8 Å². The minimum absolute atomic E-state index is 0.124. The van der Waals surface area contributed by atoms with Crippen LogP contribution in [0.1, 0.15) is 26.2 Å². The van der Waals surface area contributed by atoms with Crippen molar-refractivity contribution in [1.82, 2.24) is 4.98 Å². The minimum Gasteiger partial charge on any atom is -0.507 e. The molecular weight excluding hydrogens is 420 g/mol. The molecule has 1 aromatic heterocycles. The molecule has 32 heavy (non-hydrogen) atoms. The van der Waals surface area contributed by atoms with Crippen LogP contribution >= 0.6 is 12.6 Å². The molecule has 2 N–H and O–H groups in total. The summed E-state index contributed by atoms with van der Waals surface area (Å²) in [5.41, 5.74) is 3.44. The van der Waals surface area contributed by atoms with Gasteiger partial charge in [0.25, 0.3) is 0 Å². The number of thiol groups is 1. The van der Waals surface area contributed by atoms with Gasteiger partial charge in [-0.1, -0.05) is 67.9 Å². The average Bonchev–Trinajstić information content (AvgIpc) is 3.21. The molecule has 0 spiro atoms. The number of aromatic hydroxyl groups is 1. The van der Waals surface area contributed by atoms with Gasteiger partial charge in [-0.3, -0.25) is 10.1 Å². The number of anilines is 1. The van der Waals surface area contributed by atoms with Gasteiger partial charge in [-0.15, -0.1) is 12.6 Å². The normalized spacial score (nSPS) is 10.8. The highest BCUT2D eigenvalue weighted by atomic mass is 32.1. The molecule has 0 saturated carbocycles. The molecule has 1 amide bonds. The van der Waals surface area contributed by atoms with Crippen molar-refractivity contribution in [2.75, 3.05) is 5.32 Å². The first-order valence-corrected chi connectivity index (χ1v) is 11.0. The smallest absolute Gasteiger partial charge is 0.229 e. The molecule has 0 saturated heterocycles. The van der Waals surface area contributed by atoms with Crippen LogP contribution in [0.3, 0.4) is 0 Å². The maximum Gasteiger partial charge on any atom is 0.229 e. The van der Waals surface area contributed by atoms with E-state index in [9.17, 15) is 9.90 Å². The maximum absolute atomic E-state index is 12.5. The summed E-state index contributed by atoms with van der Waals surface area (Å²) in [4.78, 5) is 17.9. The maximum atomic E-state index is 12.5. The zero-order valence-corrected chi connectivity index (χ0v) is 18.6. The van der Waals surface area contributed by atoms with E-state index in [0.717, 1.165) is 28.9 Å². The average molecular weight is 445 g/mol. The van der Waals surface area contributed by atoms with E-state index in [-0.39, 0.29) is 17.5 Å². The number of phenols is 1. The van der Waals surface area contributed by atoms with Crippen molar-refractivity contribution in [2.45, 2.75) is 31.1 Å². The van der Waals surface area contributed by atoms with Crippen LogP contribution < -0.4 is 5.32 Å². The fourth-order valence-corrected chi connectivity index (χ4v) is 3.78. The molecule has 3 aromatic carbocycles. The fraction of sp³-hybridized carbons (Fsp3) is 0.154. The fourth-order valence-electron chi connectivity index (χ4n) is 3.51. The lowest BCUT2D eigenvalue weighted by molar-refractivity contribution is -0.116. The van der Waals surface area contributed by atoms with E-state index in [4.69, 9.17) is 9.40 Å². The summed E-state index contributed by atoms with van der Waals surface area (Å²) in [6, 6.07) is 22.2. The Labute approximate surface area is 192 Å². The molecule has 0 unspecified atom stereocenters. The molecular formula is C26H24N2O3S. The number of aromatic nitrogens is 1. The monoisotopic (exact) mass is 444 g/mol. The summed E-state index contributed by atoms with van der Waals surface area (Å²) in [7, 11) is 0. The van der Waals surface area contributed by atoms with E-state index in [2.05, 4.69) is 17.9 Å². The third-order valence-electron chi connectivity index (χ3n) is 5.15. The zero-order chi connectivity index (χ0) is 22.5. The molecule has 1 heterocycles. The highest BCUT2D eigenvalue weighted by molar-refractivity contribution is 7.80. The summed E-state index contributed by atoms with van der Waals surface area (Å²) in [6.07, 6.45) is 2.12. The van der Waals surface area contributed by atoms with Crippen LogP contribution in [-0.4, -0.2) is 16.0 Å². The number of benzene rings is 3. The summed E-state index contributed by atoms with van der Waals surface area (Å²) >= 11 is 4.56. The van der Waals surface area contributed by atoms with Gasteiger partial charge in [0.2, 0.25) is 17.7 Å². The molecule has 162 valence electrons. The van der Waals surface area contributed by atoms with E-state index in [1.807, 2.05) is 67.6 Å². The van der Waals surface area contributed by atoms with Crippen molar-refractivity contribution in [2.24, 2.45) is 0 Å². The lowest BCUT2D eigenvalue weighted by Crippen LogP contribution is -2.11. The summed E-state index contributed by atoms with van der Waals surface area (Å²) in [6.45, 7) is 2.04. The van der Waals surface area contributed by atoms with E-state index in [1.165, 1.54) is 0 Å².